The molecule has 1 fully saturated rings. The molecule has 2 aliphatic heterocycles. The number of rotatable bonds is 2. The van der Waals surface area contributed by atoms with Gasteiger partial charge in [-0.1, -0.05) is 30.8 Å². The average molecular weight is 450 g/mol. The van der Waals surface area contributed by atoms with Crippen molar-refractivity contribution in [3.8, 4) is 5.75 Å². The zero-order valence-corrected chi connectivity index (χ0v) is 19.1. The Kier molecular flexibility index (Phi) is 7.12. The molecular weight excluding hydrogens is 418 g/mol. The van der Waals surface area contributed by atoms with Gasteiger partial charge in [-0.2, -0.15) is 4.99 Å². The first-order chi connectivity index (χ1) is 16.1. The van der Waals surface area contributed by atoms with Crippen LogP contribution in [-0.4, -0.2) is 85.6 Å². The van der Waals surface area contributed by atoms with Gasteiger partial charge in [0.1, 0.15) is 11.6 Å². The Balaban J connectivity index is 1.53. The number of phenols is 1. The molecule has 8 heteroatoms. The van der Waals surface area contributed by atoms with Crippen LogP contribution in [0.1, 0.15) is 12.8 Å². The van der Waals surface area contributed by atoms with Crippen molar-refractivity contribution in [3.63, 3.8) is 0 Å². The molecule has 0 unspecified atom stereocenters. The number of aromatic hydroxyl groups is 1. The number of amidine groups is 2. The molecule has 4 rings (SSSR count). The van der Waals surface area contributed by atoms with E-state index in [1.807, 2.05) is 29.2 Å². The largest absolute Gasteiger partial charge is 0.508 e. The molecule has 8 nitrogen and oxygen atoms in total. The maximum Gasteiger partial charge on any atom is 0.313 e. The minimum Gasteiger partial charge on any atom is -0.508 e. The van der Waals surface area contributed by atoms with Crippen molar-refractivity contribution >= 4 is 34.2 Å². The molecule has 33 heavy (non-hydrogen) atoms. The van der Waals surface area contributed by atoms with E-state index < -0.39 is 0 Å². The van der Waals surface area contributed by atoms with Gasteiger partial charge in [0.05, 0.1) is 13.7 Å². The van der Waals surface area contributed by atoms with Crippen LogP contribution >= 0.6 is 0 Å². The van der Waals surface area contributed by atoms with Crippen LogP contribution in [0.5, 0.6) is 5.75 Å². The van der Waals surface area contributed by atoms with E-state index in [1.165, 1.54) is 6.08 Å². The normalized spacial score (nSPS) is 21.1. The van der Waals surface area contributed by atoms with Crippen LogP contribution in [0, 0.1) is 0 Å². The van der Waals surface area contributed by atoms with E-state index in [0.717, 1.165) is 54.8 Å². The van der Waals surface area contributed by atoms with E-state index in [0.29, 0.717) is 32.2 Å². The monoisotopic (exact) mass is 449 g/mol. The number of aliphatic imine (C=N–C) groups is 2. The first-order valence-corrected chi connectivity index (χ1v) is 11.4. The molecule has 2 aromatic carbocycles. The molecule has 0 radical (unpaired) electrons. The van der Waals surface area contributed by atoms with Gasteiger partial charge in [0.2, 0.25) is 5.91 Å². The van der Waals surface area contributed by atoms with Crippen LogP contribution < -0.4 is 4.90 Å². The van der Waals surface area contributed by atoms with Gasteiger partial charge >= 0.3 is 6.02 Å². The third-order valence-corrected chi connectivity index (χ3v) is 6.15. The Bertz CT molecular complexity index is 1070. The topological polar surface area (TPSA) is 81.0 Å². The summed E-state index contributed by atoms with van der Waals surface area (Å²) in [6.45, 7) is 8.36. The second kappa shape index (κ2) is 10.4. The van der Waals surface area contributed by atoms with Crippen LogP contribution in [0.15, 0.2) is 59.0 Å². The summed E-state index contributed by atoms with van der Waals surface area (Å²) < 4.78 is 5.45. The summed E-state index contributed by atoms with van der Waals surface area (Å²) in [6, 6.07) is 12.1. The third kappa shape index (κ3) is 5.27. The van der Waals surface area contributed by atoms with Crippen LogP contribution in [0.25, 0.3) is 10.8 Å². The minimum absolute atomic E-state index is 0.0318. The molecule has 0 atom stereocenters. The number of phenolic OH excluding ortho intramolecular Hbond substituents is 1. The molecule has 2 heterocycles. The van der Waals surface area contributed by atoms with E-state index in [1.54, 1.807) is 13.2 Å². The molecule has 1 N–H and O–H groups in total. The maximum absolute atomic E-state index is 11.9. The van der Waals surface area contributed by atoms with E-state index in [-0.39, 0.29) is 11.7 Å². The number of anilines is 1. The van der Waals surface area contributed by atoms with Crippen molar-refractivity contribution in [2.75, 3.05) is 57.8 Å². The number of amides is 1. The average Bonchev–Trinajstić information content (AvgIpc) is 2.85. The van der Waals surface area contributed by atoms with Gasteiger partial charge in [-0.3, -0.25) is 4.79 Å². The van der Waals surface area contributed by atoms with E-state index in [9.17, 15) is 9.90 Å². The molecule has 1 saturated heterocycles. The molecular formula is C25H31N5O3. The predicted octanol–water partition coefficient (Wildman–Crippen LogP) is 2.88. The predicted molar refractivity (Wildman–Crippen MR) is 132 cm³/mol. The Labute approximate surface area is 194 Å². The molecule has 0 saturated carbocycles. The Morgan fingerprint density at radius 3 is 2.64 bits per heavy atom. The number of nitrogens with zero attached hydrogens (tertiary/aromatic N) is 5. The lowest BCUT2D eigenvalue weighted by Crippen LogP contribution is -2.50. The number of hydrogen-bond acceptors (Lipinski definition) is 7. The van der Waals surface area contributed by atoms with Crippen LogP contribution in [0.4, 0.5) is 5.69 Å². The van der Waals surface area contributed by atoms with E-state index >= 15 is 0 Å². The fourth-order valence-electron chi connectivity index (χ4n) is 4.44. The van der Waals surface area contributed by atoms with E-state index in [2.05, 4.69) is 27.4 Å². The lowest BCUT2D eigenvalue weighted by molar-refractivity contribution is -0.127. The third-order valence-electron chi connectivity index (χ3n) is 6.15. The van der Waals surface area contributed by atoms with Gasteiger partial charge in [0, 0.05) is 62.8 Å². The summed E-state index contributed by atoms with van der Waals surface area (Å²) in [5, 5.41) is 12.4. The first kappa shape index (κ1) is 22.6. The fourth-order valence-corrected chi connectivity index (χ4v) is 4.44. The maximum atomic E-state index is 11.9. The second-order valence-electron chi connectivity index (χ2n) is 8.19. The highest BCUT2D eigenvalue weighted by Crippen LogP contribution is 2.32. The van der Waals surface area contributed by atoms with Gasteiger partial charge in [0.25, 0.3) is 0 Å². The van der Waals surface area contributed by atoms with Crippen molar-refractivity contribution in [1.82, 2.24) is 9.80 Å². The van der Waals surface area contributed by atoms with Gasteiger partial charge < -0.3 is 24.5 Å². The molecule has 0 spiro atoms. The van der Waals surface area contributed by atoms with Crippen LogP contribution in [0.2, 0.25) is 0 Å². The fraction of sp³-hybridized carbons (Fsp3) is 0.400. The summed E-state index contributed by atoms with van der Waals surface area (Å²) in [6.07, 6.45) is 3.03. The lowest BCUT2D eigenvalue weighted by Gasteiger charge is -2.36. The number of piperazine rings is 1. The lowest BCUT2D eigenvalue weighted by atomic mass is 10.1. The van der Waals surface area contributed by atoms with Gasteiger partial charge in [0.15, 0.2) is 0 Å². The Hall–Kier alpha value is -3.55. The number of carbonyl (C=O) groups is 1. The zero-order chi connectivity index (χ0) is 23.2. The van der Waals surface area contributed by atoms with Crippen LogP contribution in [-0.2, 0) is 9.53 Å². The number of methoxy groups -OCH3 is 1. The highest BCUT2D eigenvalue weighted by molar-refractivity contribution is 5.96. The van der Waals surface area contributed by atoms with Crippen molar-refractivity contribution < 1.29 is 14.6 Å². The number of hydrogen-bond donors (Lipinski definition) is 1. The van der Waals surface area contributed by atoms with Crippen LogP contribution in [0.3, 0.4) is 0 Å². The molecule has 2 aliphatic rings. The first-order valence-electron chi connectivity index (χ1n) is 11.4. The SMILES string of the molecule is C=CC(=O)N1CCN(/C2=N/C(OC)=N\CCN(c3cc(O)cc4ccccc34)CCC2)CC1. The highest BCUT2D eigenvalue weighted by atomic mass is 16.5. The van der Waals surface area contributed by atoms with Crippen molar-refractivity contribution in [3.05, 3.63) is 49.1 Å². The molecule has 1 amide bonds. The van der Waals surface area contributed by atoms with Gasteiger partial charge in [-0.15, -0.1) is 0 Å². The Morgan fingerprint density at radius 2 is 1.88 bits per heavy atom. The summed E-state index contributed by atoms with van der Waals surface area (Å²) in [5.74, 6) is 1.16. The molecule has 0 aromatic heterocycles. The zero-order valence-electron chi connectivity index (χ0n) is 19.1. The quantitative estimate of drug-likeness (QED) is 0.713. The van der Waals surface area contributed by atoms with E-state index in [4.69, 9.17) is 9.73 Å². The number of ether oxygens (including phenoxy) is 1. The number of carbonyl (C=O) groups excluding carboxylic acids is 1. The minimum atomic E-state index is -0.0318. The second-order valence-corrected chi connectivity index (χ2v) is 8.19. The van der Waals surface area contributed by atoms with Gasteiger partial charge in [-0.05, 0) is 23.9 Å². The summed E-state index contributed by atoms with van der Waals surface area (Å²) in [7, 11) is 1.59. The van der Waals surface area contributed by atoms with Crippen molar-refractivity contribution in [2.45, 2.75) is 12.8 Å². The standard InChI is InChI=1S/C25H31N5O3/c1-3-24(32)30-15-13-29(14-16-30)23-9-6-11-28(12-10-26-25(27-23)33-2)22-18-20(31)17-19-7-4-5-8-21(19)22/h3-5,7-8,17-18,31H,1,6,9-16H2,2H3/b26-25+,27-23+. The summed E-state index contributed by atoms with van der Waals surface area (Å²) in [4.78, 5) is 27.5. The van der Waals surface area contributed by atoms with Crippen molar-refractivity contribution in [1.29, 1.82) is 0 Å². The smallest absolute Gasteiger partial charge is 0.313 e. The molecule has 0 aliphatic carbocycles. The summed E-state index contributed by atoms with van der Waals surface area (Å²) in [5.41, 5.74) is 1.01. The highest BCUT2D eigenvalue weighted by Gasteiger charge is 2.23. The molecule has 2 aromatic rings. The van der Waals surface area contributed by atoms with Crippen molar-refractivity contribution in [2.24, 2.45) is 9.98 Å². The number of fused-ring (bicyclic) bond motifs is 1. The summed E-state index contributed by atoms with van der Waals surface area (Å²) >= 11 is 0. The van der Waals surface area contributed by atoms with Gasteiger partial charge in [-0.25, -0.2) is 4.99 Å². The Morgan fingerprint density at radius 1 is 1.09 bits per heavy atom. The molecule has 174 valence electrons. The molecule has 0 bridgehead atoms. The number of benzene rings is 2.